The zero-order valence-corrected chi connectivity index (χ0v) is 11.0. The molecule has 0 bridgehead atoms. The zero-order valence-electron chi connectivity index (χ0n) is 8.76. The molecule has 0 heterocycles. The molecule has 0 aliphatic rings. The van der Waals surface area contributed by atoms with Crippen LogP contribution in [0, 0.1) is 0 Å². The van der Waals surface area contributed by atoms with Crippen LogP contribution < -0.4 is 0 Å². The Labute approximate surface area is 113 Å². The van der Waals surface area contributed by atoms with Gasteiger partial charge in [0.1, 0.15) is 0 Å². The van der Waals surface area contributed by atoms with Crippen LogP contribution in [0.4, 0.5) is 0 Å². The standard InChI is InChI=1S/C12H7Cl3O2/c1-17-12(16)8-6-4-2-3-5-7(6)9(13)11(15)10(8)14/h2-5H,1H3. The van der Waals surface area contributed by atoms with Gasteiger partial charge in [0.2, 0.25) is 0 Å². The van der Waals surface area contributed by atoms with Crippen LogP contribution in [0.5, 0.6) is 0 Å². The van der Waals surface area contributed by atoms with Gasteiger partial charge in [0.25, 0.3) is 0 Å². The van der Waals surface area contributed by atoms with E-state index in [9.17, 15) is 4.79 Å². The molecule has 0 atom stereocenters. The van der Waals surface area contributed by atoms with Crippen LogP contribution in [0.3, 0.4) is 0 Å². The van der Waals surface area contributed by atoms with E-state index in [-0.39, 0.29) is 15.6 Å². The van der Waals surface area contributed by atoms with Gasteiger partial charge in [-0.3, -0.25) is 0 Å². The summed E-state index contributed by atoms with van der Waals surface area (Å²) in [6.45, 7) is 0. The summed E-state index contributed by atoms with van der Waals surface area (Å²) in [4.78, 5) is 11.7. The van der Waals surface area contributed by atoms with Crippen LogP contribution in [-0.4, -0.2) is 13.1 Å². The predicted octanol–water partition coefficient (Wildman–Crippen LogP) is 4.59. The molecule has 0 radical (unpaired) electrons. The molecule has 0 amide bonds. The molecule has 0 saturated carbocycles. The van der Waals surface area contributed by atoms with Crippen LogP contribution >= 0.6 is 34.8 Å². The maximum absolute atomic E-state index is 11.7. The third kappa shape index (κ3) is 1.97. The Balaban J connectivity index is 2.95. The van der Waals surface area contributed by atoms with E-state index >= 15 is 0 Å². The van der Waals surface area contributed by atoms with E-state index in [0.29, 0.717) is 15.8 Å². The van der Waals surface area contributed by atoms with Crippen LogP contribution in [0.2, 0.25) is 15.1 Å². The fraction of sp³-hybridized carbons (Fsp3) is 0.0833. The number of hydrogen-bond donors (Lipinski definition) is 0. The highest BCUT2D eigenvalue weighted by molar-refractivity contribution is 6.52. The SMILES string of the molecule is COC(=O)c1c(Cl)c(Cl)c(Cl)c2ccccc12. The minimum absolute atomic E-state index is 0.113. The highest BCUT2D eigenvalue weighted by Crippen LogP contribution is 2.40. The van der Waals surface area contributed by atoms with E-state index in [1.807, 2.05) is 0 Å². The number of carbonyl (C=O) groups excluding carboxylic acids is 1. The Morgan fingerprint density at radius 3 is 2.18 bits per heavy atom. The first-order valence-electron chi connectivity index (χ1n) is 4.71. The van der Waals surface area contributed by atoms with Gasteiger partial charge in [-0.1, -0.05) is 59.1 Å². The normalized spacial score (nSPS) is 10.6. The van der Waals surface area contributed by atoms with Gasteiger partial charge in [-0.15, -0.1) is 0 Å². The molecule has 0 saturated heterocycles. The van der Waals surface area contributed by atoms with Crippen LogP contribution in [0.15, 0.2) is 24.3 Å². The van der Waals surface area contributed by atoms with Crippen molar-refractivity contribution >= 4 is 51.5 Å². The second kappa shape index (κ2) is 4.73. The Hall–Kier alpha value is -0.960. The molecular formula is C12H7Cl3O2. The molecule has 2 nitrogen and oxygen atoms in total. The first-order chi connectivity index (χ1) is 8.07. The number of hydrogen-bond acceptors (Lipinski definition) is 2. The third-order valence-corrected chi connectivity index (χ3v) is 3.77. The summed E-state index contributed by atoms with van der Waals surface area (Å²) in [6, 6.07) is 7.11. The molecule has 17 heavy (non-hydrogen) atoms. The molecule has 2 aromatic carbocycles. The lowest BCUT2D eigenvalue weighted by atomic mass is 10.0. The van der Waals surface area contributed by atoms with E-state index in [1.54, 1.807) is 24.3 Å². The molecule has 2 rings (SSSR count). The molecule has 0 spiro atoms. The molecule has 0 aliphatic heterocycles. The molecule has 0 unspecified atom stereocenters. The lowest BCUT2D eigenvalue weighted by Crippen LogP contribution is -2.04. The van der Waals surface area contributed by atoms with Gasteiger partial charge in [0.15, 0.2) is 0 Å². The lowest BCUT2D eigenvalue weighted by molar-refractivity contribution is 0.0603. The van der Waals surface area contributed by atoms with Gasteiger partial charge in [-0.2, -0.15) is 0 Å². The van der Waals surface area contributed by atoms with Gasteiger partial charge in [0, 0.05) is 5.39 Å². The summed E-state index contributed by atoms with van der Waals surface area (Å²) in [7, 11) is 1.29. The molecule has 0 N–H and O–H groups in total. The van der Waals surface area contributed by atoms with Crippen molar-refractivity contribution in [1.29, 1.82) is 0 Å². The Morgan fingerprint density at radius 2 is 1.59 bits per heavy atom. The maximum Gasteiger partial charge on any atom is 0.340 e. The number of fused-ring (bicyclic) bond motifs is 1. The lowest BCUT2D eigenvalue weighted by Gasteiger charge is -2.10. The molecule has 88 valence electrons. The molecule has 0 aromatic heterocycles. The number of halogens is 3. The van der Waals surface area contributed by atoms with Gasteiger partial charge in [0.05, 0.1) is 27.7 Å². The number of carbonyl (C=O) groups is 1. The largest absolute Gasteiger partial charge is 0.465 e. The van der Waals surface area contributed by atoms with Crippen molar-refractivity contribution < 1.29 is 9.53 Å². The molecule has 0 aliphatic carbocycles. The number of esters is 1. The quantitative estimate of drug-likeness (QED) is 0.567. The Bertz CT molecular complexity index is 608. The highest BCUT2D eigenvalue weighted by atomic mass is 35.5. The fourth-order valence-electron chi connectivity index (χ4n) is 1.64. The summed E-state index contributed by atoms with van der Waals surface area (Å²) >= 11 is 18.1. The number of ether oxygens (including phenoxy) is 1. The predicted molar refractivity (Wildman–Crippen MR) is 70.3 cm³/mol. The second-order valence-corrected chi connectivity index (χ2v) is 4.49. The first-order valence-corrected chi connectivity index (χ1v) is 5.84. The zero-order chi connectivity index (χ0) is 12.6. The van der Waals surface area contributed by atoms with Crippen molar-refractivity contribution in [3.8, 4) is 0 Å². The molecular weight excluding hydrogens is 282 g/mol. The van der Waals surface area contributed by atoms with Crippen molar-refractivity contribution in [3.05, 3.63) is 44.9 Å². The summed E-state index contributed by atoms with van der Waals surface area (Å²) in [6.07, 6.45) is 0. The summed E-state index contributed by atoms with van der Waals surface area (Å²) < 4.78 is 4.69. The van der Waals surface area contributed by atoms with E-state index in [4.69, 9.17) is 39.5 Å². The number of methoxy groups -OCH3 is 1. The number of benzene rings is 2. The van der Waals surface area contributed by atoms with E-state index in [2.05, 4.69) is 0 Å². The van der Waals surface area contributed by atoms with Gasteiger partial charge >= 0.3 is 5.97 Å². The van der Waals surface area contributed by atoms with Crippen molar-refractivity contribution in [3.63, 3.8) is 0 Å². The topological polar surface area (TPSA) is 26.3 Å². The third-order valence-electron chi connectivity index (χ3n) is 2.43. The Kier molecular flexibility index (Phi) is 3.48. The van der Waals surface area contributed by atoms with Crippen molar-refractivity contribution in [1.82, 2.24) is 0 Å². The minimum atomic E-state index is -0.537. The van der Waals surface area contributed by atoms with Crippen molar-refractivity contribution in [2.45, 2.75) is 0 Å². The summed E-state index contributed by atoms with van der Waals surface area (Å²) in [5.41, 5.74) is 0.235. The smallest absolute Gasteiger partial charge is 0.340 e. The fourth-order valence-corrected chi connectivity index (χ4v) is 2.41. The van der Waals surface area contributed by atoms with E-state index in [1.165, 1.54) is 7.11 Å². The van der Waals surface area contributed by atoms with Crippen LogP contribution in [-0.2, 0) is 4.74 Å². The molecule has 0 fully saturated rings. The van der Waals surface area contributed by atoms with E-state index < -0.39 is 5.97 Å². The van der Waals surface area contributed by atoms with Crippen molar-refractivity contribution in [2.24, 2.45) is 0 Å². The second-order valence-electron chi connectivity index (χ2n) is 3.35. The maximum atomic E-state index is 11.7. The summed E-state index contributed by atoms with van der Waals surface area (Å²) in [5.74, 6) is -0.537. The minimum Gasteiger partial charge on any atom is -0.465 e. The van der Waals surface area contributed by atoms with Crippen LogP contribution in [0.25, 0.3) is 10.8 Å². The first kappa shape index (κ1) is 12.5. The average molecular weight is 290 g/mol. The van der Waals surface area contributed by atoms with Crippen LogP contribution in [0.1, 0.15) is 10.4 Å². The van der Waals surface area contributed by atoms with Gasteiger partial charge < -0.3 is 4.74 Å². The molecule has 2 aromatic rings. The van der Waals surface area contributed by atoms with Crippen molar-refractivity contribution in [2.75, 3.05) is 7.11 Å². The monoisotopic (exact) mass is 288 g/mol. The van der Waals surface area contributed by atoms with Gasteiger partial charge in [-0.05, 0) is 5.39 Å². The Morgan fingerprint density at radius 1 is 1.00 bits per heavy atom. The molecule has 5 heteroatoms. The highest BCUT2D eigenvalue weighted by Gasteiger charge is 2.21. The average Bonchev–Trinajstić information content (AvgIpc) is 2.36. The van der Waals surface area contributed by atoms with E-state index in [0.717, 1.165) is 0 Å². The summed E-state index contributed by atoms with van der Waals surface area (Å²) in [5, 5.41) is 1.90. The number of rotatable bonds is 1. The van der Waals surface area contributed by atoms with Gasteiger partial charge in [-0.25, -0.2) is 4.79 Å².